The molecule has 4 heteroatoms. The summed E-state index contributed by atoms with van der Waals surface area (Å²) in [5.74, 6) is 1.11. The molecule has 1 aliphatic rings. The molecule has 1 aliphatic carbocycles. The van der Waals surface area contributed by atoms with Crippen LogP contribution in [0.4, 0.5) is 0 Å². The number of nitrogens with zero attached hydrogens (tertiary/aromatic N) is 2. The van der Waals surface area contributed by atoms with Gasteiger partial charge in [-0.05, 0) is 31.9 Å². The largest absolute Gasteiger partial charge is 0.328 e. The van der Waals surface area contributed by atoms with Crippen LogP contribution in [-0.2, 0) is 17.8 Å². The van der Waals surface area contributed by atoms with Gasteiger partial charge in [0.05, 0.1) is 24.0 Å². The van der Waals surface area contributed by atoms with Crippen LogP contribution in [0, 0.1) is 0 Å². The lowest BCUT2D eigenvalue weighted by Gasteiger charge is -2.11. The van der Waals surface area contributed by atoms with Crippen molar-refractivity contribution in [3.63, 3.8) is 0 Å². The van der Waals surface area contributed by atoms with Crippen LogP contribution in [0.25, 0.3) is 11.0 Å². The zero-order valence-corrected chi connectivity index (χ0v) is 12.6. The lowest BCUT2D eigenvalue weighted by Crippen LogP contribution is -2.32. The zero-order valence-electron chi connectivity index (χ0n) is 12.6. The third-order valence-corrected chi connectivity index (χ3v) is 4.35. The average Bonchev–Trinajstić information content (AvgIpc) is 3.12. The van der Waals surface area contributed by atoms with Gasteiger partial charge in [0.15, 0.2) is 5.78 Å². The second-order valence-electron chi connectivity index (χ2n) is 5.84. The van der Waals surface area contributed by atoms with E-state index in [1.807, 2.05) is 18.2 Å². The standard InChI is InChI=1S/C17H23N3O/c1-2-20-16-10-6-5-9-15(16)19-17(20)11-14(21)12-18-13-7-3-4-8-13/h5-6,9-10,13,18H,2-4,7-8,11-12H2,1H3. The fourth-order valence-electron chi connectivity index (χ4n) is 3.24. The van der Waals surface area contributed by atoms with E-state index in [0.717, 1.165) is 23.4 Å². The van der Waals surface area contributed by atoms with Crippen LogP contribution < -0.4 is 5.32 Å². The molecule has 1 saturated carbocycles. The van der Waals surface area contributed by atoms with Crippen molar-refractivity contribution < 1.29 is 4.79 Å². The molecular formula is C17H23N3O. The van der Waals surface area contributed by atoms with Gasteiger partial charge >= 0.3 is 0 Å². The van der Waals surface area contributed by atoms with Crippen LogP contribution in [-0.4, -0.2) is 27.9 Å². The highest BCUT2D eigenvalue weighted by Gasteiger charge is 2.17. The molecule has 0 saturated heterocycles. The Morgan fingerprint density at radius 1 is 1.33 bits per heavy atom. The molecule has 0 bridgehead atoms. The molecule has 0 spiro atoms. The molecule has 0 aliphatic heterocycles. The van der Waals surface area contributed by atoms with Crippen LogP contribution in [0.2, 0.25) is 0 Å². The van der Waals surface area contributed by atoms with Crippen LogP contribution in [0.5, 0.6) is 0 Å². The number of carbonyl (C=O) groups is 1. The molecule has 21 heavy (non-hydrogen) atoms. The van der Waals surface area contributed by atoms with Gasteiger partial charge in [-0.25, -0.2) is 4.98 Å². The maximum atomic E-state index is 12.2. The summed E-state index contributed by atoms with van der Waals surface area (Å²) in [4.78, 5) is 16.8. The molecule has 0 radical (unpaired) electrons. The highest BCUT2D eigenvalue weighted by atomic mass is 16.1. The van der Waals surface area contributed by atoms with E-state index in [2.05, 4.69) is 27.9 Å². The van der Waals surface area contributed by atoms with Crippen LogP contribution >= 0.6 is 0 Å². The number of fused-ring (bicyclic) bond motifs is 1. The van der Waals surface area contributed by atoms with Crippen molar-refractivity contribution >= 4 is 16.8 Å². The van der Waals surface area contributed by atoms with Gasteiger partial charge < -0.3 is 9.88 Å². The molecule has 2 aromatic rings. The van der Waals surface area contributed by atoms with Crippen molar-refractivity contribution in [1.82, 2.24) is 14.9 Å². The summed E-state index contributed by atoms with van der Waals surface area (Å²) in [6.07, 6.45) is 5.42. The van der Waals surface area contributed by atoms with Gasteiger partial charge in [0.2, 0.25) is 0 Å². The van der Waals surface area contributed by atoms with Gasteiger partial charge in [-0.15, -0.1) is 0 Å². The Bertz CT molecular complexity index is 626. The third-order valence-electron chi connectivity index (χ3n) is 4.35. The topological polar surface area (TPSA) is 46.9 Å². The number of benzene rings is 1. The van der Waals surface area contributed by atoms with Crippen molar-refractivity contribution in [2.24, 2.45) is 0 Å². The number of Topliss-reactive ketones (excluding diaryl/α,β-unsaturated/α-hetero) is 1. The summed E-state index contributed by atoms with van der Waals surface area (Å²) in [5.41, 5.74) is 2.09. The van der Waals surface area contributed by atoms with Crippen LogP contribution in [0.3, 0.4) is 0 Å². The first-order chi connectivity index (χ1) is 10.3. The van der Waals surface area contributed by atoms with E-state index in [4.69, 9.17) is 0 Å². The Morgan fingerprint density at radius 3 is 2.86 bits per heavy atom. The quantitative estimate of drug-likeness (QED) is 0.887. The van der Waals surface area contributed by atoms with E-state index in [1.54, 1.807) is 0 Å². The van der Waals surface area contributed by atoms with Crippen molar-refractivity contribution in [3.05, 3.63) is 30.1 Å². The highest BCUT2D eigenvalue weighted by molar-refractivity contribution is 5.84. The van der Waals surface area contributed by atoms with E-state index in [9.17, 15) is 4.79 Å². The van der Waals surface area contributed by atoms with Gasteiger partial charge in [0.1, 0.15) is 5.82 Å². The molecule has 0 amide bonds. The summed E-state index contributed by atoms with van der Waals surface area (Å²) in [7, 11) is 0. The maximum absolute atomic E-state index is 12.2. The lowest BCUT2D eigenvalue weighted by atomic mass is 10.2. The number of ketones is 1. The minimum atomic E-state index is 0.229. The molecule has 1 N–H and O–H groups in total. The molecule has 1 heterocycles. The zero-order chi connectivity index (χ0) is 14.7. The minimum Gasteiger partial charge on any atom is -0.328 e. The Hall–Kier alpha value is -1.68. The number of hydrogen-bond acceptors (Lipinski definition) is 3. The predicted molar refractivity (Wildman–Crippen MR) is 84.4 cm³/mol. The second kappa shape index (κ2) is 6.39. The number of rotatable bonds is 6. The van der Waals surface area contributed by atoms with E-state index >= 15 is 0 Å². The summed E-state index contributed by atoms with van der Waals surface area (Å²) < 4.78 is 2.14. The second-order valence-corrected chi connectivity index (χ2v) is 5.84. The van der Waals surface area contributed by atoms with Gasteiger partial charge in [-0.2, -0.15) is 0 Å². The fraction of sp³-hybridized carbons (Fsp3) is 0.529. The molecule has 0 atom stereocenters. The summed E-state index contributed by atoms with van der Waals surface area (Å²) in [6.45, 7) is 3.41. The van der Waals surface area contributed by atoms with Crippen LogP contribution in [0.15, 0.2) is 24.3 Å². The third kappa shape index (κ3) is 3.16. The summed E-state index contributed by atoms with van der Waals surface area (Å²) in [6, 6.07) is 8.62. The van der Waals surface area contributed by atoms with Gasteiger partial charge in [0, 0.05) is 12.6 Å². The number of hydrogen-bond donors (Lipinski definition) is 1. The number of aryl methyl sites for hydroxylation is 1. The van der Waals surface area contributed by atoms with Gasteiger partial charge in [-0.1, -0.05) is 25.0 Å². The van der Waals surface area contributed by atoms with E-state index in [0.29, 0.717) is 19.0 Å². The SMILES string of the molecule is CCn1c(CC(=O)CNC2CCCC2)nc2ccccc21. The first-order valence-corrected chi connectivity index (χ1v) is 7.97. The molecule has 1 fully saturated rings. The molecule has 1 aromatic carbocycles. The summed E-state index contributed by atoms with van der Waals surface area (Å²) >= 11 is 0. The number of imidazole rings is 1. The van der Waals surface area contributed by atoms with Crippen molar-refractivity contribution in [2.45, 2.75) is 51.6 Å². The first kappa shape index (κ1) is 14.3. The molecular weight excluding hydrogens is 262 g/mol. The Balaban J connectivity index is 1.67. The first-order valence-electron chi connectivity index (χ1n) is 7.97. The number of aromatic nitrogens is 2. The summed E-state index contributed by atoms with van der Waals surface area (Å²) in [5, 5.41) is 3.39. The van der Waals surface area contributed by atoms with Gasteiger partial charge in [0.25, 0.3) is 0 Å². The molecule has 3 rings (SSSR count). The Morgan fingerprint density at radius 2 is 2.10 bits per heavy atom. The molecule has 0 unspecified atom stereocenters. The minimum absolute atomic E-state index is 0.229. The lowest BCUT2D eigenvalue weighted by molar-refractivity contribution is -0.117. The van der Waals surface area contributed by atoms with Gasteiger partial charge in [-0.3, -0.25) is 4.79 Å². The molecule has 112 valence electrons. The Labute approximate surface area is 125 Å². The predicted octanol–water partition coefficient (Wildman–Crippen LogP) is 2.70. The monoisotopic (exact) mass is 285 g/mol. The number of nitrogens with one attached hydrogen (secondary N) is 1. The molecule has 4 nitrogen and oxygen atoms in total. The highest BCUT2D eigenvalue weighted by Crippen LogP contribution is 2.18. The van der Waals surface area contributed by atoms with E-state index in [-0.39, 0.29) is 5.78 Å². The normalized spacial score (nSPS) is 15.9. The molecule has 1 aromatic heterocycles. The van der Waals surface area contributed by atoms with E-state index in [1.165, 1.54) is 25.7 Å². The van der Waals surface area contributed by atoms with Crippen molar-refractivity contribution in [3.8, 4) is 0 Å². The number of para-hydroxylation sites is 2. The van der Waals surface area contributed by atoms with E-state index < -0.39 is 0 Å². The average molecular weight is 285 g/mol. The van der Waals surface area contributed by atoms with Crippen molar-refractivity contribution in [2.75, 3.05) is 6.54 Å². The number of carbonyl (C=O) groups excluding carboxylic acids is 1. The smallest absolute Gasteiger partial charge is 0.154 e. The van der Waals surface area contributed by atoms with Crippen LogP contribution in [0.1, 0.15) is 38.4 Å². The Kier molecular flexibility index (Phi) is 4.34. The maximum Gasteiger partial charge on any atom is 0.154 e. The van der Waals surface area contributed by atoms with Crippen molar-refractivity contribution in [1.29, 1.82) is 0 Å². The fourth-order valence-corrected chi connectivity index (χ4v) is 3.24.